The van der Waals surface area contributed by atoms with Crippen molar-refractivity contribution in [2.24, 2.45) is 0 Å². The van der Waals surface area contributed by atoms with Crippen LogP contribution in [-0.4, -0.2) is 0 Å². The lowest BCUT2D eigenvalue weighted by Gasteiger charge is -2.09. The lowest BCUT2D eigenvalue weighted by molar-refractivity contribution is 0.464. The maximum absolute atomic E-state index is 5.88. The van der Waals surface area contributed by atoms with Crippen LogP contribution in [-0.2, 0) is 0 Å². The van der Waals surface area contributed by atoms with E-state index in [1.807, 2.05) is 91.0 Å². The van der Waals surface area contributed by atoms with Crippen LogP contribution in [0.25, 0.3) is 0 Å². The Labute approximate surface area is 168 Å². The second-order valence-corrected chi connectivity index (χ2v) is 6.45. The van der Waals surface area contributed by atoms with E-state index in [0.717, 1.165) is 34.5 Å². The molecule has 4 rings (SSSR count). The Kier molecular flexibility index (Phi) is 5.46. The summed E-state index contributed by atoms with van der Waals surface area (Å²) in [5.74, 6) is 4.46. The number of hydrogen-bond acceptors (Lipinski definition) is 3. The molecule has 138 valence electrons. The molecule has 28 heavy (non-hydrogen) atoms. The number of hydrogen-bond donors (Lipinski definition) is 0. The fourth-order valence-electron chi connectivity index (χ4n) is 2.55. The number of rotatable bonds is 6. The molecule has 0 saturated carbocycles. The van der Waals surface area contributed by atoms with Crippen LogP contribution in [0.4, 0.5) is 0 Å². The van der Waals surface area contributed by atoms with Crippen molar-refractivity contribution in [3.63, 3.8) is 0 Å². The van der Waals surface area contributed by atoms with Gasteiger partial charge in [-0.25, -0.2) is 0 Å². The highest BCUT2D eigenvalue weighted by atomic mass is 35.5. The zero-order valence-electron chi connectivity index (χ0n) is 14.9. The molecule has 0 spiro atoms. The summed E-state index contributed by atoms with van der Waals surface area (Å²) >= 11 is 5.88. The van der Waals surface area contributed by atoms with Gasteiger partial charge in [0.2, 0.25) is 0 Å². The first kappa shape index (κ1) is 18.0. The van der Waals surface area contributed by atoms with Crippen LogP contribution in [0.1, 0.15) is 0 Å². The molecular weight excluding hydrogens is 372 g/mol. The lowest BCUT2D eigenvalue weighted by Crippen LogP contribution is -1.87. The fraction of sp³-hybridized carbons (Fsp3) is 0. The standard InChI is InChI=1S/C24H17ClO3/c25-18-6-8-20(9-7-18)27-22-14-16-24(17-15-22)28-23-12-10-21(11-13-23)26-19-4-2-1-3-5-19/h1-17H. The molecule has 0 saturated heterocycles. The minimum Gasteiger partial charge on any atom is -0.457 e. The Morgan fingerprint density at radius 2 is 0.643 bits per heavy atom. The SMILES string of the molecule is Clc1ccc(Oc2ccc(Oc3ccc(Oc4ccccc4)cc3)cc2)cc1. The van der Waals surface area contributed by atoms with Crippen molar-refractivity contribution >= 4 is 11.6 Å². The minimum absolute atomic E-state index is 0.677. The normalized spacial score (nSPS) is 10.3. The summed E-state index contributed by atoms with van der Waals surface area (Å²) in [6.07, 6.45) is 0. The molecule has 0 amide bonds. The van der Waals surface area contributed by atoms with Gasteiger partial charge in [0.25, 0.3) is 0 Å². The van der Waals surface area contributed by atoms with Gasteiger partial charge in [-0.1, -0.05) is 29.8 Å². The molecule has 0 heterocycles. The predicted octanol–water partition coefficient (Wildman–Crippen LogP) is 7.72. The van der Waals surface area contributed by atoms with E-state index in [1.54, 1.807) is 12.1 Å². The van der Waals surface area contributed by atoms with Gasteiger partial charge in [-0.3, -0.25) is 0 Å². The number of ether oxygens (including phenoxy) is 3. The third kappa shape index (κ3) is 4.84. The quantitative estimate of drug-likeness (QED) is 0.338. The second-order valence-electron chi connectivity index (χ2n) is 6.02. The summed E-state index contributed by atoms with van der Waals surface area (Å²) in [4.78, 5) is 0. The van der Waals surface area contributed by atoms with Gasteiger partial charge in [0.1, 0.15) is 34.5 Å². The first-order valence-electron chi connectivity index (χ1n) is 8.79. The van der Waals surface area contributed by atoms with Gasteiger partial charge >= 0.3 is 0 Å². The van der Waals surface area contributed by atoms with Gasteiger partial charge in [0.15, 0.2) is 0 Å². The molecule has 0 fully saturated rings. The number of halogens is 1. The molecule has 0 aliphatic rings. The molecule has 0 unspecified atom stereocenters. The molecule has 0 aromatic heterocycles. The highest BCUT2D eigenvalue weighted by Gasteiger charge is 2.02. The average Bonchev–Trinajstić information content (AvgIpc) is 2.73. The van der Waals surface area contributed by atoms with E-state index >= 15 is 0 Å². The van der Waals surface area contributed by atoms with Gasteiger partial charge < -0.3 is 14.2 Å². The zero-order chi connectivity index (χ0) is 19.2. The summed E-state index contributed by atoms with van der Waals surface area (Å²) in [7, 11) is 0. The first-order chi connectivity index (χ1) is 13.7. The van der Waals surface area contributed by atoms with E-state index < -0.39 is 0 Å². The van der Waals surface area contributed by atoms with Crippen molar-refractivity contribution < 1.29 is 14.2 Å². The fourth-order valence-corrected chi connectivity index (χ4v) is 2.68. The van der Waals surface area contributed by atoms with Crippen LogP contribution in [0.15, 0.2) is 103 Å². The Hall–Kier alpha value is -3.43. The zero-order valence-corrected chi connectivity index (χ0v) is 15.7. The maximum atomic E-state index is 5.88. The van der Waals surface area contributed by atoms with E-state index in [9.17, 15) is 0 Å². The van der Waals surface area contributed by atoms with E-state index in [2.05, 4.69) is 0 Å². The Balaban J connectivity index is 1.36. The molecule has 4 aromatic rings. The van der Waals surface area contributed by atoms with E-state index in [1.165, 1.54) is 0 Å². The van der Waals surface area contributed by atoms with Crippen LogP contribution in [0.2, 0.25) is 5.02 Å². The summed E-state index contributed by atoms with van der Waals surface area (Å²) < 4.78 is 17.4. The molecule has 0 radical (unpaired) electrons. The van der Waals surface area contributed by atoms with Gasteiger partial charge in [-0.05, 0) is 84.9 Å². The van der Waals surface area contributed by atoms with Crippen LogP contribution in [0.5, 0.6) is 34.5 Å². The van der Waals surface area contributed by atoms with Crippen LogP contribution >= 0.6 is 11.6 Å². The molecule has 0 aliphatic carbocycles. The second kappa shape index (κ2) is 8.51. The summed E-state index contributed by atoms with van der Waals surface area (Å²) in [5, 5.41) is 0.677. The van der Waals surface area contributed by atoms with E-state index in [4.69, 9.17) is 25.8 Å². The van der Waals surface area contributed by atoms with Crippen molar-refractivity contribution in [3.8, 4) is 34.5 Å². The Morgan fingerprint density at radius 1 is 0.357 bits per heavy atom. The smallest absolute Gasteiger partial charge is 0.127 e. The molecular formula is C24H17ClO3. The monoisotopic (exact) mass is 388 g/mol. The van der Waals surface area contributed by atoms with Crippen molar-refractivity contribution in [1.82, 2.24) is 0 Å². The molecule has 4 heteroatoms. The summed E-state index contributed by atoms with van der Waals surface area (Å²) in [5.41, 5.74) is 0. The van der Waals surface area contributed by atoms with Gasteiger partial charge in [-0.15, -0.1) is 0 Å². The van der Waals surface area contributed by atoms with Crippen molar-refractivity contribution in [3.05, 3.63) is 108 Å². The Bertz CT molecular complexity index is 1010. The topological polar surface area (TPSA) is 27.7 Å². The van der Waals surface area contributed by atoms with Crippen molar-refractivity contribution in [2.45, 2.75) is 0 Å². The number of benzene rings is 4. The average molecular weight is 389 g/mol. The molecule has 0 bridgehead atoms. The summed E-state index contributed by atoms with van der Waals surface area (Å²) in [6.45, 7) is 0. The number of para-hydroxylation sites is 1. The van der Waals surface area contributed by atoms with E-state index in [0.29, 0.717) is 5.02 Å². The minimum atomic E-state index is 0.677. The summed E-state index contributed by atoms with van der Waals surface area (Å²) in [6, 6.07) is 31.8. The first-order valence-corrected chi connectivity index (χ1v) is 9.17. The molecule has 0 aliphatic heterocycles. The molecule has 0 N–H and O–H groups in total. The van der Waals surface area contributed by atoms with Crippen LogP contribution < -0.4 is 14.2 Å². The lowest BCUT2D eigenvalue weighted by atomic mass is 10.3. The van der Waals surface area contributed by atoms with Gasteiger partial charge in [0.05, 0.1) is 0 Å². The molecule has 3 nitrogen and oxygen atoms in total. The predicted molar refractivity (Wildman–Crippen MR) is 111 cm³/mol. The Morgan fingerprint density at radius 3 is 1.00 bits per heavy atom. The van der Waals surface area contributed by atoms with Gasteiger partial charge in [-0.2, -0.15) is 0 Å². The van der Waals surface area contributed by atoms with Crippen molar-refractivity contribution in [2.75, 3.05) is 0 Å². The van der Waals surface area contributed by atoms with Crippen molar-refractivity contribution in [1.29, 1.82) is 0 Å². The third-order valence-corrected chi connectivity index (χ3v) is 4.16. The molecule has 4 aromatic carbocycles. The highest BCUT2D eigenvalue weighted by Crippen LogP contribution is 2.29. The molecule has 0 atom stereocenters. The third-order valence-electron chi connectivity index (χ3n) is 3.91. The van der Waals surface area contributed by atoms with Crippen LogP contribution in [0.3, 0.4) is 0 Å². The largest absolute Gasteiger partial charge is 0.457 e. The van der Waals surface area contributed by atoms with Gasteiger partial charge in [0, 0.05) is 5.02 Å². The maximum Gasteiger partial charge on any atom is 0.127 e. The van der Waals surface area contributed by atoms with Crippen LogP contribution in [0, 0.1) is 0 Å². The highest BCUT2D eigenvalue weighted by molar-refractivity contribution is 6.30. The van der Waals surface area contributed by atoms with E-state index in [-0.39, 0.29) is 0 Å².